The number of anilines is 1. The summed E-state index contributed by atoms with van der Waals surface area (Å²) in [7, 11) is 0. The molecule has 8 nitrogen and oxygen atoms in total. The summed E-state index contributed by atoms with van der Waals surface area (Å²) in [6, 6.07) is 9.85. The molecule has 0 amide bonds. The van der Waals surface area contributed by atoms with Gasteiger partial charge in [-0.05, 0) is 6.92 Å². The molecule has 130 valence electrons. The standard InChI is InChI=1S/C18H17N7O/c1-2-24-11-21-14-16(24)19-10-20-17(14)25-8-13(9-25)18-22-15(23-26-18)12-6-4-3-5-7-12/h3-7,10-11,13H,2,8-9H2,1H3. The Labute approximate surface area is 149 Å². The minimum atomic E-state index is 0.207. The van der Waals surface area contributed by atoms with Crippen LogP contribution in [0.2, 0.25) is 0 Å². The van der Waals surface area contributed by atoms with Crippen molar-refractivity contribution in [1.82, 2.24) is 29.7 Å². The molecule has 0 N–H and O–H groups in total. The van der Waals surface area contributed by atoms with Crippen LogP contribution >= 0.6 is 0 Å². The molecule has 8 heteroatoms. The summed E-state index contributed by atoms with van der Waals surface area (Å²) < 4.78 is 7.49. The molecular weight excluding hydrogens is 330 g/mol. The van der Waals surface area contributed by atoms with Gasteiger partial charge >= 0.3 is 0 Å². The van der Waals surface area contributed by atoms with Gasteiger partial charge in [-0.1, -0.05) is 35.5 Å². The van der Waals surface area contributed by atoms with Crippen molar-refractivity contribution < 1.29 is 4.52 Å². The van der Waals surface area contributed by atoms with Crippen molar-refractivity contribution in [2.45, 2.75) is 19.4 Å². The van der Waals surface area contributed by atoms with Gasteiger partial charge in [0.2, 0.25) is 11.7 Å². The highest BCUT2D eigenvalue weighted by atomic mass is 16.5. The van der Waals surface area contributed by atoms with E-state index in [0.717, 1.165) is 42.2 Å². The maximum Gasteiger partial charge on any atom is 0.233 e. The van der Waals surface area contributed by atoms with Crippen LogP contribution in [-0.4, -0.2) is 42.7 Å². The van der Waals surface area contributed by atoms with E-state index in [1.165, 1.54) is 0 Å². The Hall–Kier alpha value is -3.29. The molecule has 26 heavy (non-hydrogen) atoms. The molecule has 0 saturated carbocycles. The van der Waals surface area contributed by atoms with Crippen LogP contribution < -0.4 is 4.90 Å². The van der Waals surface area contributed by atoms with Crippen LogP contribution in [-0.2, 0) is 6.54 Å². The Morgan fingerprint density at radius 1 is 1.12 bits per heavy atom. The Bertz CT molecular complexity index is 1050. The molecule has 1 fully saturated rings. The van der Waals surface area contributed by atoms with Gasteiger partial charge in [-0.25, -0.2) is 15.0 Å². The molecule has 0 radical (unpaired) electrons. The van der Waals surface area contributed by atoms with Crippen LogP contribution in [0.5, 0.6) is 0 Å². The minimum Gasteiger partial charge on any atom is -0.353 e. The second-order valence-corrected chi connectivity index (χ2v) is 6.32. The van der Waals surface area contributed by atoms with Crippen molar-refractivity contribution in [3.63, 3.8) is 0 Å². The lowest BCUT2D eigenvalue weighted by Crippen LogP contribution is -2.45. The number of nitrogens with zero attached hydrogens (tertiary/aromatic N) is 7. The van der Waals surface area contributed by atoms with Gasteiger partial charge in [-0.2, -0.15) is 4.98 Å². The van der Waals surface area contributed by atoms with E-state index in [1.807, 2.05) is 41.2 Å². The van der Waals surface area contributed by atoms with Crippen molar-refractivity contribution in [3.8, 4) is 11.4 Å². The van der Waals surface area contributed by atoms with Crippen LogP contribution in [0.4, 0.5) is 5.82 Å². The van der Waals surface area contributed by atoms with Gasteiger partial charge in [0.25, 0.3) is 0 Å². The molecule has 0 aliphatic carbocycles. The van der Waals surface area contributed by atoms with Crippen LogP contribution in [0.3, 0.4) is 0 Å². The zero-order chi connectivity index (χ0) is 17.5. The molecule has 4 aromatic rings. The summed E-state index contributed by atoms with van der Waals surface area (Å²) in [5.74, 6) is 2.37. The van der Waals surface area contributed by atoms with E-state index in [9.17, 15) is 0 Å². The topological polar surface area (TPSA) is 85.8 Å². The van der Waals surface area contributed by atoms with Gasteiger partial charge < -0.3 is 14.0 Å². The number of imidazole rings is 1. The summed E-state index contributed by atoms with van der Waals surface area (Å²) >= 11 is 0. The molecular formula is C18H17N7O. The predicted octanol–water partition coefficient (Wildman–Crippen LogP) is 2.50. The van der Waals surface area contributed by atoms with Crippen molar-refractivity contribution in [1.29, 1.82) is 0 Å². The van der Waals surface area contributed by atoms with Gasteiger partial charge in [-0.3, -0.25) is 0 Å². The lowest BCUT2D eigenvalue weighted by molar-refractivity contribution is 0.329. The molecule has 0 bridgehead atoms. The number of aryl methyl sites for hydroxylation is 1. The average Bonchev–Trinajstić information content (AvgIpc) is 3.28. The monoisotopic (exact) mass is 347 g/mol. The molecule has 4 heterocycles. The summed E-state index contributed by atoms with van der Waals surface area (Å²) in [6.07, 6.45) is 3.41. The van der Waals surface area contributed by atoms with Gasteiger partial charge in [0.15, 0.2) is 17.0 Å². The lowest BCUT2D eigenvalue weighted by atomic mass is 10.00. The third kappa shape index (κ3) is 2.33. The molecule has 3 aromatic heterocycles. The molecule has 5 rings (SSSR count). The fourth-order valence-corrected chi connectivity index (χ4v) is 3.24. The summed E-state index contributed by atoms with van der Waals surface area (Å²) in [4.78, 5) is 20.0. The Kier molecular flexibility index (Phi) is 3.41. The summed E-state index contributed by atoms with van der Waals surface area (Å²) in [5.41, 5.74) is 2.66. The fourth-order valence-electron chi connectivity index (χ4n) is 3.24. The molecule has 1 aliphatic rings. The third-order valence-electron chi connectivity index (χ3n) is 4.73. The summed E-state index contributed by atoms with van der Waals surface area (Å²) in [5, 5.41) is 4.11. The van der Waals surface area contributed by atoms with E-state index in [2.05, 4.69) is 36.9 Å². The van der Waals surface area contributed by atoms with Crippen LogP contribution in [0.25, 0.3) is 22.6 Å². The zero-order valence-corrected chi connectivity index (χ0v) is 14.3. The number of fused-ring (bicyclic) bond motifs is 1. The van der Waals surface area contributed by atoms with E-state index < -0.39 is 0 Å². The van der Waals surface area contributed by atoms with Crippen LogP contribution in [0.1, 0.15) is 18.7 Å². The maximum absolute atomic E-state index is 5.48. The quantitative estimate of drug-likeness (QED) is 0.560. The number of rotatable bonds is 4. The van der Waals surface area contributed by atoms with Crippen molar-refractivity contribution >= 4 is 17.0 Å². The number of hydrogen-bond acceptors (Lipinski definition) is 7. The van der Waals surface area contributed by atoms with E-state index in [-0.39, 0.29) is 5.92 Å². The first-order valence-corrected chi connectivity index (χ1v) is 8.63. The Morgan fingerprint density at radius 2 is 1.96 bits per heavy atom. The first kappa shape index (κ1) is 15.0. The normalized spacial score (nSPS) is 14.7. The predicted molar refractivity (Wildman–Crippen MR) is 95.7 cm³/mol. The van der Waals surface area contributed by atoms with E-state index in [1.54, 1.807) is 6.33 Å². The second-order valence-electron chi connectivity index (χ2n) is 6.32. The van der Waals surface area contributed by atoms with Crippen LogP contribution in [0, 0.1) is 0 Å². The summed E-state index contributed by atoms with van der Waals surface area (Å²) in [6.45, 7) is 4.46. The SMILES string of the molecule is CCn1cnc2c(N3CC(c4nc(-c5ccccc5)no4)C3)ncnc21. The lowest BCUT2D eigenvalue weighted by Gasteiger charge is -2.37. The second kappa shape index (κ2) is 5.91. The average molecular weight is 347 g/mol. The number of aromatic nitrogens is 6. The van der Waals surface area contributed by atoms with Gasteiger partial charge in [0.05, 0.1) is 12.2 Å². The highest BCUT2D eigenvalue weighted by Crippen LogP contribution is 2.33. The zero-order valence-electron chi connectivity index (χ0n) is 14.3. The highest BCUT2D eigenvalue weighted by molar-refractivity contribution is 5.83. The van der Waals surface area contributed by atoms with Crippen molar-refractivity contribution in [2.75, 3.05) is 18.0 Å². The molecule has 0 unspecified atom stereocenters. The molecule has 1 saturated heterocycles. The smallest absolute Gasteiger partial charge is 0.233 e. The Balaban J connectivity index is 1.35. The van der Waals surface area contributed by atoms with Crippen LogP contribution in [0.15, 0.2) is 47.5 Å². The molecule has 1 aliphatic heterocycles. The van der Waals surface area contributed by atoms with Crippen molar-refractivity contribution in [3.05, 3.63) is 48.9 Å². The first-order chi connectivity index (χ1) is 12.8. The Morgan fingerprint density at radius 3 is 2.77 bits per heavy atom. The first-order valence-electron chi connectivity index (χ1n) is 8.63. The molecule has 0 spiro atoms. The van der Waals surface area contributed by atoms with Gasteiger partial charge in [-0.15, -0.1) is 0 Å². The maximum atomic E-state index is 5.48. The van der Waals surface area contributed by atoms with E-state index in [4.69, 9.17) is 4.52 Å². The molecule has 0 atom stereocenters. The van der Waals surface area contributed by atoms with E-state index >= 15 is 0 Å². The largest absolute Gasteiger partial charge is 0.353 e. The van der Waals surface area contributed by atoms with Gasteiger partial charge in [0.1, 0.15) is 6.33 Å². The van der Waals surface area contributed by atoms with Gasteiger partial charge in [0, 0.05) is 25.2 Å². The number of hydrogen-bond donors (Lipinski definition) is 0. The third-order valence-corrected chi connectivity index (χ3v) is 4.73. The fraction of sp³-hybridized carbons (Fsp3) is 0.278. The van der Waals surface area contributed by atoms with E-state index in [0.29, 0.717) is 11.7 Å². The van der Waals surface area contributed by atoms with Crippen molar-refractivity contribution in [2.24, 2.45) is 0 Å². The molecule has 1 aromatic carbocycles. The minimum absolute atomic E-state index is 0.207. The highest BCUT2D eigenvalue weighted by Gasteiger charge is 2.35. The number of benzene rings is 1.